The molecule has 1 aliphatic carbocycles. The van der Waals surface area contributed by atoms with Gasteiger partial charge in [-0.15, -0.1) is 0 Å². The number of rotatable bonds is 2. The second kappa shape index (κ2) is 5.05. The molecule has 1 saturated heterocycles. The fourth-order valence-corrected chi connectivity index (χ4v) is 4.40. The van der Waals surface area contributed by atoms with Gasteiger partial charge < -0.3 is 15.0 Å². The number of nitrogens with zero attached hydrogens (tertiary/aromatic N) is 1. The van der Waals surface area contributed by atoms with Crippen molar-refractivity contribution in [3.05, 3.63) is 29.3 Å². The zero-order valence-corrected chi connectivity index (χ0v) is 13.1. The molecular formula is C17H26N2O. The number of ether oxygens (including phenoxy) is 1. The van der Waals surface area contributed by atoms with Crippen molar-refractivity contribution < 1.29 is 4.74 Å². The van der Waals surface area contributed by atoms with Gasteiger partial charge in [-0.1, -0.05) is 13.0 Å². The molecule has 3 rings (SSSR count). The van der Waals surface area contributed by atoms with Gasteiger partial charge in [0.15, 0.2) is 0 Å². The lowest BCUT2D eigenvalue weighted by Crippen LogP contribution is -2.59. The van der Waals surface area contributed by atoms with E-state index in [0.29, 0.717) is 12.1 Å². The summed E-state index contributed by atoms with van der Waals surface area (Å²) in [5.74, 6) is 0.982. The summed E-state index contributed by atoms with van der Waals surface area (Å²) in [5, 5.41) is 3.61. The molecule has 1 aromatic rings. The molecule has 0 aromatic heterocycles. The summed E-state index contributed by atoms with van der Waals surface area (Å²) in [6.07, 6.45) is 3.63. The maximum Gasteiger partial charge on any atom is 0.119 e. The van der Waals surface area contributed by atoms with Crippen molar-refractivity contribution in [1.29, 1.82) is 0 Å². The minimum Gasteiger partial charge on any atom is -0.497 e. The summed E-state index contributed by atoms with van der Waals surface area (Å²) in [5.41, 5.74) is 3.19. The Kier molecular flexibility index (Phi) is 3.51. The predicted octanol–water partition coefficient (Wildman–Crippen LogP) is 2.19. The first-order valence-corrected chi connectivity index (χ1v) is 7.65. The van der Waals surface area contributed by atoms with Crippen molar-refractivity contribution in [2.75, 3.05) is 27.7 Å². The monoisotopic (exact) mass is 274 g/mol. The molecule has 1 fully saturated rings. The van der Waals surface area contributed by atoms with Gasteiger partial charge in [-0.3, -0.25) is 0 Å². The number of benzene rings is 1. The summed E-state index contributed by atoms with van der Waals surface area (Å²) < 4.78 is 5.45. The Morgan fingerprint density at radius 2 is 2.20 bits per heavy atom. The molecule has 0 spiro atoms. The minimum absolute atomic E-state index is 0.201. The first-order valence-electron chi connectivity index (χ1n) is 7.65. The van der Waals surface area contributed by atoms with Gasteiger partial charge in [0, 0.05) is 17.5 Å². The van der Waals surface area contributed by atoms with E-state index in [1.54, 1.807) is 7.11 Å². The van der Waals surface area contributed by atoms with Gasteiger partial charge in [-0.05, 0) is 63.2 Å². The molecule has 3 heteroatoms. The highest BCUT2D eigenvalue weighted by Crippen LogP contribution is 2.44. The van der Waals surface area contributed by atoms with Crippen molar-refractivity contribution in [2.45, 2.75) is 43.7 Å². The van der Waals surface area contributed by atoms with Crippen LogP contribution in [0.2, 0.25) is 0 Å². The molecule has 1 aliphatic heterocycles. The van der Waals surface area contributed by atoms with Crippen LogP contribution in [0.5, 0.6) is 5.75 Å². The summed E-state index contributed by atoms with van der Waals surface area (Å²) in [4.78, 5) is 2.54. The zero-order chi connectivity index (χ0) is 14.3. The highest BCUT2D eigenvalue weighted by Gasteiger charge is 2.47. The van der Waals surface area contributed by atoms with Crippen molar-refractivity contribution in [1.82, 2.24) is 10.2 Å². The molecular weight excluding hydrogens is 248 g/mol. The second-order valence-electron chi connectivity index (χ2n) is 6.56. The second-order valence-corrected chi connectivity index (χ2v) is 6.56. The molecule has 1 N–H and O–H groups in total. The van der Waals surface area contributed by atoms with Crippen molar-refractivity contribution in [3.63, 3.8) is 0 Å². The molecule has 0 amide bonds. The third-order valence-electron chi connectivity index (χ3n) is 5.52. The number of likely N-dealkylation sites (N-methyl/N-ethyl adjacent to an activating group) is 2. The van der Waals surface area contributed by atoms with Crippen molar-refractivity contribution in [2.24, 2.45) is 0 Å². The number of methoxy groups -OCH3 is 1. The molecule has 2 aliphatic rings. The van der Waals surface area contributed by atoms with E-state index in [1.807, 2.05) is 0 Å². The van der Waals surface area contributed by atoms with Crippen molar-refractivity contribution >= 4 is 0 Å². The van der Waals surface area contributed by atoms with E-state index in [1.165, 1.54) is 30.5 Å². The van der Waals surface area contributed by atoms with Gasteiger partial charge in [0.1, 0.15) is 5.75 Å². The highest BCUT2D eigenvalue weighted by atomic mass is 16.5. The third kappa shape index (κ3) is 1.95. The Bertz CT molecular complexity index is 502. The van der Waals surface area contributed by atoms with Gasteiger partial charge in [0.05, 0.1) is 7.11 Å². The minimum atomic E-state index is 0.201. The van der Waals surface area contributed by atoms with E-state index in [0.717, 1.165) is 12.2 Å². The molecule has 0 radical (unpaired) electrons. The quantitative estimate of drug-likeness (QED) is 0.895. The SMILES string of the molecule is CN[C@H]1[C@H]2Cc3ccc(OC)cc3[C@]1(C)CCCN2C. The van der Waals surface area contributed by atoms with Crippen LogP contribution in [0.25, 0.3) is 0 Å². The summed E-state index contributed by atoms with van der Waals surface area (Å²) >= 11 is 0. The summed E-state index contributed by atoms with van der Waals surface area (Å²) in [6.45, 7) is 3.63. The lowest BCUT2D eigenvalue weighted by atomic mass is 9.64. The summed E-state index contributed by atoms with van der Waals surface area (Å²) in [6, 6.07) is 7.74. The van der Waals surface area contributed by atoms with E-state index in [9.17, 15) is 0 Å². The molecule has 110 valence electrons. The van der Waals surface area contributed by atoms with Crippen LogP contribution in [-0.2, 0) is 11.8 Å². The average Bonchev–Trinajstić information content (AvgIpc) is 2.54. The van der Waals surface area contributed by atoms with E-state index >= 15 is 0 Å². The van der Waals surface area contributed by atoms with Crippen LogP contribution in [0.3, 0.4) is 0 Å². The van der Waals surface area contributed by atoms with E-state index in [-0.39, 0.29) is 5.41 Å². The van der Waals surface area contributed by atoms with Gasteiger partial charge in [0.25, 0.3) is 0 Å². The fourth-order valence-electron chi connectivity index (χ4n) is 4.40. The highest BCUT2D eigenvalue weighted by molar-refractivity contribution is 5.45. The first-order chi connectivity index (χ1) is 9.60. The molecule has 3 nitrogen and oxygen atoms in total. The Morgan fingerprint density at radius 1 is 1.40 bits per heavy atom. The maximum atomic E-state index is 5.45. The Morgan fingerprint density at radius 3 is 2.90 bits per heavy atom. The van der Waals surface area contributed by atoms with Crippen molar-refractivity contribution in [3.8, 4) is 5.75 Å². The van der Waals surface area contributed by atoms with Crippen LogP contribution >= 0.6 is 0 Å². The van der Waals surface area contributed by atoms with E-state index in [2.05, 4.69) is 49.4 Å². The normalized spacial score (nSPS) is 33.4. The molecule has 20 heavy (non-hydrogen) atoms. The standard InChI is InChI=1S/C17H26N2O/c1-17-8-5-9-19(3)15(16(17)18-2)10-12-6-7-13(20-4)11-14(12)17/h6-7,11,15-16,18H,5,8-10H2,1-4H3/t15-,16+,17+/m1/s1. The van der Waals surface area contributed by atoms with Crippen LogP contribution in [0.15, 0.2) is 18.2 Å². The first kappa shape index (κ1) is 13.9. The van der Waals surface area contributed by atoms with Crippen LogP contribution in [0.1, 0.15) is 30.9 Å². The predicted molar refractivity (Wildman–Crippen MR) is 82.5 cm³/mol. The summed E-state index contributed by atoms with van der Waals surface area (Å²) in [7, 11) is 6.14. The van der Waals surface area contributed by atoms with E-state index in [4.69, 9.17) is 4.74 Å². The Hall–Kier alpha value is -1.06. The molecule has 1 aromatic carbocycles. The maximum absolute atomic E-state index is 5.45. The Balaban J connectivity index is 2.14. The number of hydrogen-bond acceptors (Lipinski definition) is 3. The van der Waals surface area contributed by atoms with Crippen LogP contribution < -0.4 is 10.1 Å². The Labute approximate surface area is 122 Å². The fraction of sp³-hybridized carbons (Fsp3) is 0.647. The molecule has 0 saturated carbocycles. The molecule has 0 unspecified atom stereocenters. The number of hydrogen-bond donors (Lipinski definition) is 1. The average molecular weight is 274 g/mol. The largest absolute Gasteiger partial charge is 0.497 e. The lowest BCUT2D eigenvalue weighted by Gasteiger charge is -2.47. The third-order valence-corrected chi connectivity index (χ3v) is 5.52. The smallest absolute Gasteiger partial charge is 0.119 e. The lowest BCUT2D eigenvalue weighted by molar-refractivity contribution is 0.162. The zero-order valence-electron chi connectivity index (χ0n) is 13.1. The van der Waals surface area contributed by atoms with Crippen LogP contribution in [0, 0.1) is 0 Å². The number of likely N-dealkylation sites (tertiary alicyclic amines) is 1. The van der Waals surface area contributed by atoms with Gasteiger partial charge in [-0.25, -0.2) is 0 Å². The number of fused-ring (bicyclic) bond motifs is 4. The number of nitrogens with one attached hydrogen (secondary N) is 1. The van der Waals surface area contributed by atoms with Gasteiger partial charge >= 0.3 is 0 Å². The van der Waals surface area contributed by atoms with Gasteiger partial charge in [-0.2, -0.15) is 0 Å². The van der Waals surface area contributed by atoms with Crippen LogP contribution in [0.4, 0.5) is 0 Å². The van der Waals surface area contributed by atoms with Gasteiger partial charge in [0.2, 0.25) is 0 Å². The molecule has 1 heterocycles. The van der Waals surface area contributed by atoms with E-state index < -0.39 is 0 Å². The molecule has 2 bridgehead atoms. The van der Waals surface area contributed by atoms with Crippen LogP contribution in [-0.4, -0.2) is 44.7 Å². The topological polar surface area (TPSA) is 24.5 Å². The molecule has 3 atom stereocenters.